The Morgan fingerprint density at radius 1 is 1.14 bits per heavy atom. The molecule has 0 fully saturated rings. The third-order valence-corrected chi connectivity index (χ3v) is 4.73. The number of esters is 1. The van der Waals surface area contributed by atoms with Gasteiger partial charge in [-0.3, -0.25) is 4.79 Å². The summed E-state index contributed by atoms with van der Waals surface area (Å²) in [7, 11) is 0. The van der Waals surface area contributed by atoms with Gasteiger partial charge in [0.15, 0.2) is 6.10 Å². The highest BCUT2D eigenvalue weighted by molar-refractivity contribution is 6.42. The molecule has 0 saturated heterocycles. The van der Waals surface area contributed by atoms with Crippen LogP contribution in [0.3, 0.4) is 0 Å². The van der Waals surface area contributed by atoms with Crippen molar-refractivity contribution in [2.75, 3.05) is 5.32 Å². The number of carbonyl (C=O) groups is 2. The fourth-order valence-corrected chi connectivity index (χ4v) is 2.80. The van der Waals surface area contributed by atoms with Crippen molar-refractivity contribution in [2.24, 2.45) is 0 Å². The van der Waals surface area contributed by atoms with Crippen molar-refractivity contribution in [2.45, 2.75) is 19.4 Å². The first kappa shape index (κ1) is 19.9. The fraction of sp³-hybridized carbons (Fsp3) is 0.150. The van der Waals surface area contributed by atoms with E-state index < -0.39 is 18.0 Å². The van der Waals surface area contributed by atoms with Gasteiger partial charge < -0.3 is 15.0 Å². The zero-order valence-corrected chi connectivity index (χ0v) is 16.4. The molecule has 6 nitrogen and oxygen atoms in total. The van der Waals surface area contributed by atoms with Crippen LogP contribution in [0.1, 0.15) is 23.7 Å². The second-order valence-electron chi connectivity index (χ2n) is 5.94. The number of rotatable bonds is 6. The number of hydrogen-bond donors (Lipinski definition) is 2. The van der Waals surface area contributed by atoms with Crippen LogP contribution in [0.25, 0.3) is 11.4 Å². The number of halogens is 2. The van der Waals surface area contributed by atoms with E-state index >= 15 is 0 Å². The molecule has 3 aromatic rings. The number of anilines is 1. The molecule has 0 saturated carbocycles. The van der Waals surface area contributed by atoms with Crippen LogP contribution >= 0.6 is 23.2 Å². The number of aromatic nitrogens is 2. The average molecular weight is 418 g/mol. The monoisotopic (exact) mass is 417 g/mol. The molecule has 0 radical (unpaired) electrons. The van der Waals surface area contributed by atoms with E-state index in [9.17, 15) is 9.59 Å². The average Bonchev–Trinajstić information content (AvgIpc) is 3.23. The van der Waals surface area contributed by atoms with Crippen LogP contribution in [-0.2, 0) is 9.53 Å². The first-order valence-electron chi connectivity index (χ1n) is 8.54. The molecule has 3 rings (SSSR count). The van der Waals surface area contributed by atoms with Crippen LogP contribution in [0.2, 0.25) is 10.0 Å². The number of nitrogens with zero attached hydrogens (tertiary/aromatic N) is 1. The first-order chi connectivity index (χ1) is 13.5. The summed E-state index contributed by atoms with van der Waals surface area (Å²) in [4.78, 5) is 32.0. The lowest BCUT2D eigenvalue weighted by molar-refractivity contribution is -0.124. The Hall–Kier alpha value is -2.83. The summed E-state index contributed by atoms with van der Waals surface area (Å²) in [6, 6.07) is 11.5. The summed E-state index contributed by atoms with van der Waals surface area (Å²) in [6.45, 7) is 1.76. The Bertz CT molecular complexity index is 973. The molecule has 1 heterocycles. The van der Waals surface area contributed by atoms with E-state index in [1.165, 1.54) is 6.07 Å². The summed E-state index contributed by atoms with van der Waals surface area (Å²) in [5.41, 5.74) is 1.65. The minimum absolute atomic E-state index is 0.321. The van der Waals surface area contributed by atoms with Crippen molar-refractivity contribution in [3.8, 4) is 11.4 Å². The lowest BCUT2D eigenvalue weighted by atomic mass is 10.1. The van der Waals surface area contributed by atoms with E-state index in [0.717, 1.165) is 5.56 Å². The number of amides is 1. The van der Waals surface area contributed by atoms with Crippen molar-refractivity contribution >= 4 is 40.8 Å². The molecule has 1 unspecified atom stereocenters. The van der Waals surface area contributed by atoms with Crippen molar-refractivity contribution < 1.29 is 14.3 Å². The molecule has 0 bridgehead atoms. The summed E-state index contributed by atoms with van der Waals surface area (Å²) in [5, 5.41) is 3.38. The van der Waals surface area contributed by atoms with Gasteiger partial charge in [-0.15, -0.1) is 0 Å². The smallest absolute Gasteiger partial charge is 0.338 e. The van der Waals surface area contributed by atoms with Gasteiger partial charge >= 0.3 is 5.97 Å². The second kappa shape index (κ2) is 8.91. The van der Waals surface area contributed by atoms with Crippen LogP contribution < -0.4 is 5.32 Å². The predicted octanol–water partition coefficient (Wildman–Crippen LogP) is 4.96. The lowest BCUT2D eigenvalue weighted by Crippen LogP contribution is -2.32. The van der Waals surface area contributed by atoms with E-state index in [1.807, 2.05) is 0 Å². The number of benzene rings is 2. The zero-order valence-electron chi connectivity index (χ0n) is 14.9. The number of hydrogen-bond acceptors (Lipinski definition) is 4. The molecule has 0 aliphatic carbocycles. The summed E-state index contributed by atoms with van der Waals surface area (Å²) in [6.07, 6.45) is 2.75. The van der Waals surface area contributed by atoms with Gasteiger partial charge in [-0.2, -0.15) is 0 Å². The Morgan fingerprint density at radius 2 is 1.89 bits per heavy atom. The largest absolute Gasteiger partial charge is 0.449 e. The molecule has 1 amide bonds. The molecule has 0 aliphatic rings. The highest BCUT2D eigenvalue weighted by Gasteiger charge is 2.22. The predicted molar refractivity (Wildman–Crippen MR) is 109 cm³/mol. The van der Waals surface area contributed by atoms with Crippen molar-refractivity contribution in [3.63, 3.8) is 0 Å². The Kier molecular flexibility index (Phi) is 6.34. The highest BCUT2D eigenvalue weighted by atomic mass is 35.5. The van der Waals surface area contributed by atoms with Gasteiger partial charge in [-0.05, 0) is 36.8 Å². The summed E-state index contributed by atoms with van der Waals surface area (Å²) >= 11 is 11.8. The Balaban J connectivity index is 1.65. The Morgan fingerprint density at radius 3 is 2.50 bits per heavy atom. The quantitative estimate of drug-likeness (QED) is 0.555. The van der Waals surface area contributed by atoms with E-state index in [1.54, 1.807) is 55.7 Å². The molecule has 2 N–H and O–H groups in total. The summed E-state index contributed by atoms with van der Waals surface area (Å²) in [5.74, 6) is -0.323. The molecule has 144 valence electrons. The lowest BCUT2D eigenvalue weighted by Gasteiger charge is -2.16. The fourth-order valence-electron chi connectivity index (χ4n) is 2.50. The number of imidazole rings is 1. The van der Waals surface area contributed by atoms with Gasteiger partial charge in [0.2, 0.25) is 0 Å². The van der Waals surface area contributed by atoms with Gasteiger partial charge in [-0.1, -0.05) is 42.3 Å². The molecule has 0 aliphatic heterocycles. The highest BCUT2D eigenvalue weighted by Crippen LogP contribution is 2.25. The van der Waals surface area contributed by atoms with Gasteiger partial charge in [0.25, 0.3) is 5.91 Å². The number of aromatic amines is 1. The number of ether oxygens (including phenoxy) is 1. The van der Waals surface area contributed by atoms with E-state index in [4.69, 9.17) is 27.9 Å². The number of carbonyl (C=O) groups excluding carboxylic acids is 2. The van der Waals surface area contributed by atoms with Gasteiger partial charge in [0, 0.05) is 23.6 Å². The van der Waals surface area contributed by atoms with Gasteiger partial charge in [-0.25, -0.2) is 9.78 Å². The topological polar surface area (TPSA) is 84.1 Å². The number of nitrogens with one attached hydrogen (secondary N) is 2. The van der Waals surface area contributed by atoms with E-state index in [0.29, 0.717) is 33.5 Å². The molecule has 1 aromatic heterocycles. The van der Waals surface area contributed by atoms with Crippen LogP contribution in [0, 0.1) is 0 Å². The van der Waals surface area contributed by atoms with Gasteiger partial charge in [0.05, 0.1) is 15.6 Å². The van der Waals surface area contributed by atoms with Gasteiger partial charge in [0.1, 0.15) is 5.82 Å². The van der Waals surface area contributed by atoms with E-state index in [-0.39, 0.29) is 0 Å². The van der Waals surface area contributed by atoms with Crippen molar-refractivity contribution in [1.29, 1.82) is 0 Å². The van der Waals surface area contributed by atoms with Crippen LogP contribution in [-0.4, -0.2) is 27.9 Å². The maximum atomic E-state index is 12.4. The molecular weight excluding hydrogens is 401 g/mol. The summed E-state index contributed by atoms with van der Waals surface area (Å²) < 4.78 is 5.37. The van der Waals surface area contributed by atoms with Crippen LogP contribution in [0.4, 0.5) is 5.69 Å². The minimum Gasteiger partial charge on any atom is -0.449 e. The molecule has 28 heavy (non-hydrogen) atoms. The van der Waals surface area contributed by atoms with Crippen LogP contribution in [0.15, 0.2) is 54.9 Å². The standard InChI is InChI=1S/C20H17Cl2N3O3/c1-2-17(19(26)25-14-7-8-15(21)16(22)11-14)28-20(27)13-5-3-12(4-6-13)18-23-9-10-24-18/h3-11,17H,2H2,1H3,(H,23,24)(H,25,26). The number of H-pyrrole nitrogens is 1. The van der Waals surface area contributed by atoms with Crippen molar-refractivity contribution in [1.82, 2.24) is 9.97 Å². The SMILES string of the molecule is CCC(OC(=O)c1ccc(-c2ncc[nH]2)cc1)C(=O)Nc1ccc(Cl)c(Cl)c1. The minimum atomic E-state index is -0.938. The maximum absolute atomic E-state index is 12.4. The normalized spacial score (nSPS) is 11.7. The third-order valence-electron chi connectivity index (χ3n) is 3.99. The second-order valence-corrected chi connectivity index (χ2v) is 6.75. The molecule has 8 heteroatoms. The van der Waals surface area contributed by atoms with Crippen molar-refractivity contribution in [3.05, 3.63) is 70.5 Å². The molecule has 2 aromatic carbocycles. The zero-order chi connectivity index (χ0) is 20.1. The third kappa shape index (κ3) is 4.71. The molecule has 1 atom stereocenters. The molecule has 0 spiro atoms. The maximum Gasteiger partial charge on any atom is 0.338 e. The van der Waals surface area contributed by atoms with Crippen LogP contribution in [0.5, 0.6) is 0 Å². The molecular formula is C20H17Cl2N3O3. The Labute approximate surface area is 171 Å². The van der Waals surface area contributed by atoms with E-state index in [2.05, 4.69) is 15.3 Å². The first-order valence-corrected chi connectivity index (χ1v) is 9.30.